The monoisotopic (exact) mass is 682 g/mol. The van der Waals surface area contributed by atoms with Crippen molar-refractivity contribution in [3.63, 3.8) is 0 Å². The number of carbonyl (C=O) groups excluding carboxylic acids is 2. The molecule has 8 heteroatoms. The molecule has 0 atom stereocenters. The fraction of sp³-hybridized carbons (Fsp3) is 0.349. The maximum absolute atomic E-state index is 13.1. The van der Waals surface area contributed by atoms with Gasteiger partial charge >= 0.3 is 0 Å². The van der Waals surface area contributed by atoms with Gasteiger partial charge < -0.3 is 21.3 Å². The average molecular weight is 683 g/mol. The molecule has 4 aromatic carbocycles. The molecule has 0 radical (unpaired) electrons. The third-order valence-electron chi connectivity index (χ3n) is 9.66. The van der Waals surface area contributed by atoms with Gasteiger partial charge in [0.05, 0.1) is 33.4 Å². The van der Waals surface area contributed by atoms with E-state index in [0.717, 1.165) is 133 Å². The van der Waals surface area contributed by atoms with Gasteiger partial charge in [0.2, 0.25) is 11.8 Å². The third-order valence-corrected chi connectivity index (χ3v) is 9.66. The lowest BCUT2D eigenvalue weighted by Gasteiger charge is -2.23. The van der Waals surface area contributed by atoms with Crippen molar-refractivity contribution in [2.45, 2.75) is 70.6 Å². The number of nitrogens with two attached hydrogens (primary N) is 1. The molecule has 0 unspecified atom stereocenters. The molecule has 264 valence electrons. The van der Waals surface area contributed by atoms with Crippen molar-refractivity contribution in [1.82, 2.24) is 14.9 Å². The maximum Gasteiger partial charge on any atom is 0.222 e. The second kappa shape index (κ2) is 18.1. The Kier molecular flexibility index (Phi) is 12.6. The first-order valence-electron chi connectivity index (χ1n) is 18.7. The van der Waals surface area contributed by atoms with Crippen LogP contribution in [0.4, 0.5) is 11.4 Å². The van der Waals surface area contributed by atoms with E-state index >= 15 is 0 Å². The summed E-state index contributed by atoms with van der Waals surface area (Å²) in [6, 6.07) is 33.2. The van der Waals surface area contributed by atoms with Crippen LogP contribution in [0.5, 0.6) is 0 Å². The Labute approximate surface area is 300 Å². The van der Waals surface area contributed by atoms with Gasteiger partial charge in [-0.05, 0) is 56.4 Å². The van der Waals surface area contributed by atoms with Crippen LogP contribution in [0.25, 0.3) is 43.6 Å². The number of unbranched alkanes of at least 4 members (excludes halogenated alkanes) is 6. The number of hydrogen-bond donors (Lipinski definition) is 3. The number of rotatable bonds is 20. The van der Waals surface area contributed by atoms with E-state index in [-0.39, 0.29) is 18.2 Å². The van der Waals surface area contributed by atoms with Gasteiger partial charge in [0.15, 0.2) is 0 Å². The molecule has 2 amide bonds. The van der Waals surface area contributed by atoms with Crippen molar-refractivity contribution in [2.24, 2.45) is 5.73 Å². The van der Waals surface area contributed by atoms with Crippen molar-refractivity contribution in [3.05, 3.63) is 97.1 Å². The molecule has 0 bridgehead atoms. The lowest BCUT2D eigenvalue weighted by atomic mass is 10.1. The number of pyridine rings is 2. The number of fused-ring (bicyclic) bond motifs is 4. The Morgan fingerprint density at radius 3 is 1.25 bits per heavy atom. The molecule has 2 heterocycles. The molecule has 0 aliphatic rings. The molecule has 8 nitrogen and oxygen atoms in total. The van der Waals surface area contributed by atoms with E-state index in [1.807, 2.05) is 29.2 Å². The Bertz CT molecular complexity index is 1840. The molecule has 6 aromatic rings. The van der Waals surface area contributed by atoms with E-state index in [2.05, 4.69) is 83.4 Å². The number of amides is 2. The molecule has 51 heavy (non-hydrogen) atoms. The van der Waals surface area contributed by atoms with Gasteiger partial charge in [-0.3, -0.25) is 9.59 Å². The Morgan fingerprint density at radius 1 is 0.490 bits per heavy atom. The van der Waals surface area contributed by atoms with E-state index in [1.54, 1.807) is 0 Å². The van der Waals surface area contributed by atoms with Gasteiger partial charge in [-0.1, -0.05) is 98.5 Å². The van der Waals surface area contributed by atoms with Crippen LogP contribution in [0.3, 0.4) is 0 Å². The number of anilines is 2. The van der Waals surface area contributed by atoms with Crippen LogP contribution < -0.4 is 16.4 Å². The molecular formula is C43H50N6O2. The molecule has 0 aliphatic carbocycles. The summed E-state index contributed by atoms with van der Waals surface area (Å²) in [5.74, 6) is -0.218. The zero-order valence-electron chi connectivity index (χ0n) is 29.6. The largest absolute Gasteiger partial charge is 0.384 e. The highest BCUT2D eigenvalue weighted by atomic mass is 16.2. The predicted octanol–water partition coefficient (Wildman–Crippen LogP) is 9.22. The number of para-hydroxylation sites is 4. The van der Waals surface area contributed by atoms with Crippen LogP contribution in [-0.2, 0) is 9.59 Å². The second-order valence-electron chi connectivity index (χ2n) is 13.4. The number of hydrogen-bond acceptors (Lipinski definition) is 6. The Balaban J connectivity index is 0.933. The summed E-state index contributed by atoms with van der Waals surface area (Å²) in [6.07, 6.45) is 9.50. The van der Waals surface area contributed by atoms with Gasteiger partial charge in [-0.25, -0.2) is 9.97 Å². The van der Waals surface area contributed by atoms with Crippen LogP contribution in [0, 0.1) is 0 Å². The summed E-state index contributed by atoms with van der Waals surface area (Å²) in [5, 5.41) is 12.0. The van der Waals surface area contributed by atoms with Crippen LogP contribution in [0.2, 0.25) is 0 Å². The minimum atomic E-state index is -0.350. The van der Waals surface area contributed by atoms with Crippen molar-refractivity contribution in [3.8, 4) is 0 Å². The number of carbonyl (C=O) groups is 2. The number of aromatic nitrogens is 2. The van der Waals surface area contributed by atoms with Crippen molar-refractivity contribution in [1.29, 1.82) is 0 Å². The summed E-state index contributed by atoms with van der Waals surface area (Å²) >= 11 is 0. The molecular weight excluding hydrogens is 633 g/mol. The minimum absolute atomic E-state index is 0.132. The normalized spacial score (nSPS) is 11.4. The molecule has 4 N–H and O–H groups in total. The number of nitrogens with zero attached hydrogens (tertiary/aromatic N) is 3. The predicted molar refractivity (Wildman–Crippen MR) is 212 cm³/mol. The number of benzene rings is 4. The average Bonchev–Trinajstić information content (AvgIpc) is 3.15. The fourth-order valence-corrected chi connectivity index (χ4v) is 6.98. The first-order valence-corrected chi connectivity index (χ1v) is 18.7. The number of primary amides is 1. The highest BCUT2D eigenvalue weighted by Crippen LogP contribution is 2.32. The molecule has 0 fully saturated rings. The summed E-state index contributed by atoms with van der Waals surface area (Å²) in [7, 11) is 0. The lowest BCUT2D eigenvalue weighted by molar-refractivity contribution is -0.131. The Hall–Kier alpha value is -5.24. The lowest BCUT2D eigenvalue weighted by Crippen LogP contribution is -2.33. The number of nitrogens with one attached hydrogen (secondary N) is 2. The quantitative estimate of drug-likeness (QED) is 0.0547. The molecule has 2 aromatic heterocycles. The van der Waals surface area contributed by atoms with E-state index in [4.69, 9.17) is 15.7 Å². The zero-order chi connectivity index (χ0) is 35.3. The standard InChI is InChI=1S/C43H50N6O2/c44-40(50)26-17-27-41(51)49(30-15-3-1-13-28-45-42-32-18-5-9-22-36(32)47-37-23-10-6-19-33(37)42)31-16-4-2-14-29-46-43-34-20-7-11-24-38(34)48-39-25-12-8-21-35(39)43/h5-12,18-25H,1-4,13-17,26-31H2,(H2,44,50)(H,45,47)(H,46,48). The van der Waals surface area contributed by atoms with Gasteiger partial charge in [-0.2, -0.15) is 0 Å². The first-order chi connectivity index (χ1) is 25.1. The SMILES string of the molecule is NC(=O)CCCC(=O)N(CCCCCCNc1c2ccccc2nc2ccccc12)CCCCCCNc1c2ccccc2nc2ccccc12. The Morgan fingerprint density at radius 2 is 0.863 bits per heavy atom. The highest BCUT2D eigenvalue weighted by molar-refractivity contribution is 6.08. The van der Waals surface area contributed by atoms with E-state index in [0.29, 0.717) is 12.8 Å². The smallest absolute Gasteiger partial charge is 0.222 e. The van der Waals surface area contributed by atoms with Gasteiger partial charge in [0.1, 0.15) is 0 Å². The topological polar surface area (TPSA) is 113 Å². The first kappa shape index (κ1) is 35.6. The summed E-state index contributed by atoms with van der Waals surface area (Å²) in [5.41, 5.74) is 11.7. The van der Waals surface area contributed by atoms with Crippen LogP contribution in [-0.4, -0.2) is 52.9 Å². The molecule has 0 spiro atoms. The third kappa shape index (κ3) is 9.51. The van der Waals surface area contributed by atoms with Gasteiger partial charge in [-0.15, -0.1) is 0 Å². The highest BCUT2D eigenvalue weighted by Gasteiger charge is 2.14. The minimum Gasteiger partial charge on any atom is -0.384 e. The van der Waals surface area contributed by atoms with Gasteiger partial charge in [0, 0.05) is 60.6 Å². The van der Waals surface area contributed by atoms with Gasteiger partial charge in [0.25, 0.3) is 0 Å². The molecule has 0 aliphatic heterocycles. The molecule has 0 saturated carbocycles. The van der Waals surface area contributed by atoms with E-state index < -0.39 is 0 Å². The van der Waals surface area contributed by atoms with Crippen LogP contribution >= 0.6 is 0 Å². The van der Waals surface area contributed by atoms with Crippen molar-refractivity contribution < 1.29 is 9.59 Å². The van der Waals surface area contributed by atoms with Crippen LogP contribution in [0.15, 0.2) is 97.1 Å². The van der Waals surface area contributed by atoms with E-state index in [9.17, 15) is 9.59 Å². The van der Waals surface area contributed by atoms with Crippen molar-refractivity contribution >= 4 is 66.8 Å². The van der Waals surface area contributed by atoms with Crippen molar-refractivity contribution in [2.75, 3.05) is 36.8 Å². The molecule has 6 rings (SSSR count). The summed E-state index contributed by atoms with van der Waals surface area (Å²) in [6.45, 7) is 3.28. The fourth-order valence-electron chi connectivity index (χ4n) is 6.98. The van der Waals surface area contributed by atoms with E-state index in [1.165, 1.54) is 0 Å². The zero-order valence-corrected chi connectivity index (χ0v) is 29.6. The molecule has 0 saturated heterocycles. The summed E-state index contributed by atoms with van der Waals surface area (Å²) < 4.78 is 0. The van der Waals surface area contributed by atoms with Crippen LogP contribution in [0.1, 0.15) is 70.6 Å². The second-order valence-corrected chi connectivity index (χ2v) is 13.4. The summed E-state index contributed by atoms with van der Waals surface area (Å²) in [4.78, 5) is 36.1. The maximum atomic E-state index is 13.1.